The molecular formula is C8H16O4S. The molecule has 1 heterocycles. The van der Waals surface area contributed by atoms with E-state index in [-0.39, 0.29) is 18.0 Å². The van der Waals surface area contributed by atoms with Crippen molar-refractivity contribution < 1.29 is 20.1 Å². The predicted molar refractivity (Wildman–Crippen MR) is 50.4 cm³/mol. The first-order chi connectivity index (χ1) is 6.11. The van der Waals surface area contributed by atoms with Crippen LogP contribution in [-0.4, -0.2) is 51.9 Å². The van der Waals surface area contributed by atoms with E-state index < -0.39 is 18.3 Å². The first-order valence-electron chi connectivity index (χ1n) is 4.27. The maximum atomic E-state index is 9.59. The molecule has 1 rings (SSSR count). The number of aliphatic hydroxyl groups is 3. The SMILES string of the molecule is CS[C@@H]1OC(CO)[C@H](O)[C@H](O)C1C. The highest BCUT2D eigenvalue weighted by Crippen LogP contribution is 2.30. The highest BCUT2D eigenvalue weighted by molar-refractivity contribution is 7.99. The van der Waals surface area contributed by atoms with E-state index in [1.54, 1.807) is 0 Å². The van der Waals surface area contributed by atoms with Gasteiger partial charge in [0.25, 0.3) is 0 Å². The second-order valence-electron chi connectivity index (χ2n) is 3.30. The molecule has 13 heavy (non-hydrogen) atoms. The molecule has 3 N–H and O–H groups in total. The van der Waals surface area contributed by atoms with E-state index in [1.807, 2.05) is 13.2 Å². The zero-order valence-electron chi connectivity index (χ0n) is 7.75. The van der Waals surface area contributed by atoms with E-state index in [2.05, 4.69) is 0 Å². The molecule has 0 saturated carbocycles. The Labute approximate surface area is 81.9 Å². The predicted octanol–water partition coefficient (Wildman–Crippen LogP) is -0.576. The van der Waals surface area contributed by atoms with E-state index in [4.69, 9.17) is 9.84 Å². The summed E-state index contributed by atoms with van der Waals surface area (Å²) < 4.78 is 5.38. The van der Waals surface area contributed by atoms with Crippen LogP contribution in [0.1, 0.15) is 6.92 Å². The zero-order chi connectivity index (χ0) is 10.0. The van der Waals surface area contributed by atoms with Crippen LogP contribution in [0.2, 0.25) is 0 Å². The van der Waals surface area contributed by atoms with Gasteiger partial charge in [-0.05, 0) is 6.26 Å². The number of hydrogen-bond donors (Lipinski definition) is 3. The van der Waals surface area contributed by atoms with Gasteiger partial charge in [-0.1, -0.05) is 6.92 Å². The fraction of sp³-hybridized carbons (Fsp3) is 1.00. The Hall–Kier alpha value is 0.190. The normalized spacial score (nSPS) is 46.4. The molecule has 78 valence electrons. The van der Waals surface area contributed by atoms with Crippen LogP contribution in [0.15, 0.2) is 0 Å². The molecule has 1 aliphatic heterocycles. The molecular weight excluding hydrogens is 192 g/mol. The molecule has 0 amide bonds. The first kappa shape index (κ1) is 11.3. The number of ether oxygens (including phenoxy) is 1. The lowest BCUT2D eigenvalue weighted by Crippen LogP contribution is -2.53. The molecule has 0 spiro atoms. The molecule has 1 fully saturated rings. The van der Waals surface area contributed by atoms with Gasteiger partial charge in [-0.25, -0.2) is 0 Å². The van der Waals surface area contributed by atoms with Crippen molar-refractivity contribution in [3.63, 3.8) is 0 Å². The molecule has 0 aromatic heterocycles. The van der Waals surface area contributed by atoms with Gasteiger partial charge in [0.2, 0.25) is 0 Å². The van der Waals surface area contributed by atoms with Crippen LogP contribution >= 0.6 is 11.8 Å². The summed E-state index contributed by atoms with van der Waals surface area (Å²) in [6.45, 7) is 1.56. The smallest absolute Gasteiger partial charge is 0.110 e. The van der Waals surface area contributed by atoms with Crippen molar-refractivity contribution in [3.05, 3.63) is 0 Å². The Morgan fingerprint density at radius 2 is 1.92 bits per heavy atom. The van der Waals surface area contributed by atoms with Crippen LogP contribution < -0.4 is 0 Å². The van der Waals surface area contributed by atoms with Crippen LogP contribution in [0.25, 0.3) is 0 Å². The van der Waals surface area contributed by atoms with Crippen LogP contribution in [0.5, 0.6) is 0 Å². The summed E-state index contributed by atoms with van der Waals surface area (Å²) >= 11 is 1.47. The van der Waals surface area contributed by atoms with Crippen LogP contribution in [0.3, 0.4) is 0 Å². The fourth-order valence-corrected chi connectivity index (χ4v) is 2.33. The third kappa shape index (κ3) is 2.16. The van der Waals surface area contributed by atoms with E-state index in [0.717, 1.165) is 0 Å². The van der Waals surface area contributed by atoms with Crippen molar-refractivity contribution in [1.29, 1.82) is 0 Å². The van der Waals surface area contributed by atoms with Crippen molar-refractivity contribution in [3.8, 4) is 0 Å². The third-order valence-corrected chi connectivity index (χ3v) is 3.43. The van der Waals surface area contributed by atoms with E-state index in [9.17, 15) is 10.2 Å². The summed E-state index contributed by atoms with van der Waals surface area (Å²) in [5.41, 5.74) is -0.157. The molecule has 1 aliphatic rings. The average Bonchev–Trinajstić information content (AvgIpc) is 2.15. The maximum absolute atomic E-state index is 9.59. The highest BCUT2D eigenvalue weighted by atomic mass is 32.2. The average molecular weight is 208 g/mol. The van der Waals surface area contributed by atoms with Crippen LogP contribution in [0.4, 0.5) is 0 Å². The van der Waals surface area contributed by atoms with Gasteiger partial charge < -0.3 is 20.1 Å². The van der Waals surface area contributed by atoms with Gasteiger partial charge >= 0.3 is 0 Å². The molecule has 4 nitrogen and oxygen atoms in total. The van der Waals surface area contributed by atoms with E-state index >= 15 is 0 Å². The molecule has 2 unspecified atom stereocenters. The highest BCUT2D eigenvalue weighted by Gasteiger charge is 2.41. The minimum Gasteiger partial charge on any atom is -0.394 e. The number of hydrogen-bond acceptors (Lipinski definition) is 5. The molecule has 0 bridgehead atoms. The summed E-state index contributed by atoms with van der Waals surface area (Å²) in [6, 6.07) is 0. The Balaban J connectivity index is 2.66. The Kier molecular flexibility index (Phi) is 4.00. The quantitative estimate of drug-likeness (QED) is 0.566. The van der Waals surface area contributed by atoms with Crippen molar-refractivity contribution in [1.82, 2.24) is 0 Å². The topological polar surface area (TPSA) is 69.9 Å². The molecule has 0 aromatic rings. The summed E-state index contributed by atoms with van der Waals surface area (Å²) in [4.78, 5) is 0. The van der Waals surface area contributed by atoms with Gasteiger partial charge in [-0.15, -0.1) is 11.8 Å². The molecule has 1 saturated heterocycles. The minimum absolute atomic E-state index is 0.118. The maximum Gasteiger partial charge on any atom is 0.110 e. The van der Waals surface area contributed by atoms with Crippen molar-refractivity contribution in [2.75, 3.05) is 12.9 Å². The molecule has 5 atom stereocenters. The van der Waals surface area contributed by atoms with Gasteiger partial charge in [0, 0.05) is 5.92 Å². The van der Waals surface area contributed by atoms with Gasteiger partial charge in [-0.2, -0.15) is 0 Å². The third-order valence-electron chi connectivity index (χ3n) is 2.42. The monoisotopic (exact) mass is 208 g/mol. The largest absolute Gasteiger partial charge is 0.394 e. The van der Waals surface area contributed by atoms with E-state index in [1.165, 1.54) is 11.8 Å². The lowest BCUT2D eigenvalue weighted by molar-refractivity contribution is -0.181. The van der Waals surface area contributed by atoms with Crippen LogP contribution in [-0.2, 0) is 4.74 Å². The number of thioether (sulfide) groups is 1. The zero-order valence-corrected chi connectivity index (χ0v) is 8.57. The van der Waals surface area contributed by atoms with E-state index in [0.29, 0.717) is 0 Å². The molecule has 0 aromatic carbocycles. The van der Waals surface area contributed by atoms with Crippen molar-refractivity contribution >= 4 is 11.8 Å². The fourth-order valence-electron chi connectivity index (χ4n) is 1.49. The number of rotatable bonds is 2. The summed E-state index contributed by atoms with van der Waals surface area (Å²) in [5.74, 6) is -0.118. The van der Waals surface area contributed by atoms with Gasteiger partial charge in [0.05, 0.1) is 12.7 Å². The van der Waals surface area contributed by atoms with Gasteiger partial charge in [-0.3, -0.25) is 0 Å². The summed E-state index contributed by atoms with van der Waals surface area (Å²) in [6.07, 6.45) is -0.588. The molecule has 5 heteroatoms. The Bertz CT molecular complexity index is 146. The molecule has 0 radical (unpaired) electrons. The standard InChI is InChI=1S/C8H16O4S/c1-4-6(10)7(11)5(3-9)12-8(4)13-2/h4-11H,3H2,1-2H3/t4?,5?,6-,7+,8+/m1/s1. The second kappa shape index (κ2) is 4.61. The summed E-state index contributed by atoms with van der Waals surface area (Å²) in [7, 11) is 0. The van der Waals surface area contributed by atoms with Crippen LogP contribution in [0, 0.1) is 5.92 Å². The first-order valence-corrected chi connectivity index (χ1v) is 5.55. The van der Waals surface area contributed by atoms with Gasteiger partial charge in [0.15, 0.2) is 0 Å². The van der Waals surface area contributed by atoms with Crippen molar-refractivity contribution in [2.45, 2.75) is 30.7 Å². The Morgan fingerprint density at radius 1 is 1.31 bits per heavy atom. The lowest BCUT2D eigenvalue weighted by Gasteiger charge is -2.40. The summed E-state index contributed by atoms with van der Waals surface area (Å²) in [5, 5.41) is 27.9. The second-order valence-corrected chi connectivity index (χ2v) is 4.24. The molecule has 0 aliphatic carbocycles. The lowest BCUT2D eigenvalue weighted by atomic mass is 9.94. The van der Waals surface area contributed by atoms with Crippen molar-refractivity contribution in [2.24, 2.45) is 5.92 Å². The van der Waals surface area contributed by atoms with Gasteiger partial charge in [0.1, 0.15) is 17.6 Å². The minimum atomic E-state index is -0.983. The Morgan fingerprint density at radius 3 is 2.38 bits per heavy atom. The number of aliphatic hydroxyl groups excluding tert-OH is 3.